The summed E-state index contributed by atoms with van der Waals surface area (Å²) in [5, 5.41) is 5.12. The third-order valence-corrected chi connectivity index (χ3v) is 11.9. The Balaban J connectivity index is 1.27. The fourth-order valence-corrected chi connectivity index (χ4v) is 9.88. The molecule has 7 aromatic carbocycles. The number of hydrogen-bond donors (Lipinski definition) is 0. The molecule has 0 N–H and O–H groups in total. The number of benzene rings is 7. The van der Waals surface area contributed by atoms with Gasteiger partial charge in [-0.05, 0) is 81.7 Å². The minimum atomic E-state index is -0.515. The van der Waals surface area contributed by atoms with Gasteiger partial charge in [0.1, 0.15) is 0 Å². The molecule has 11 rings (SSSR count). The molecule has 228 valence electrons. The molecule has 0 fully saturated rings. The molecule has 0 radical (unpaired) electrons. The number of aromatic nitrogens is 1. The molecule has 9 aromatic rings. The Bertz CT molecular complexity index is 2740. The molecule has 0 saturated heterocycles. The van der Waals surface area contributed by atoms with Crippen LogP contribution in [0.15, 0.2) is 170 Å². The number of anilines is 3. The van der Waals surface area contributed by atoms with Gasteiger partial charge < -0.3 is 4.90 Å². The van der Waals surface area contributed by atoms with Gasteiger partial charge in [0.25, 0.3) is 0 Å². The number of pyridine rings is 1. The van der Waals surface area contributed by atoms with E-state index in [1.807, 2.05) is 17.5 Å². The molecular formula is C46H28N2S. The molecule has 1 aliphatic carbocycles. The smallest absolute Gasteiger partial charge is 0.0759 e. The van der Waals surface area contributed by atoms with E-state index in [1.165, 1.54) is 87.0 Å². The lowest BCUT2D eigenvalue weighted by Crippen LogP contribution is -2.28. The van der Waals surface area contributed by atoms with Crippen LogP contribution in [0.2, 0.25) is 0 Å². The molecular weight excluding hydrogens is 613 g/mol. The van der Waals surface area contributed by atoms with Crippen LogP contribution in [-0.4, -0.2) is 4.98 Å². The van der Waals surface area contributed by atoms with Gasteiger partial charge in [0.15, 0.2) is 0 Å². The lowest BCUT2D eigenvalue weighted by molar-refractivity contribution is 0.767. The second kappa shape index (κ2) is 9.99. The molecule has 0 bridgehead atoms. The van der Waals surface area contributed by atoms with Crippen LogP contribution >= 0.6 is 11.3 Å². The van der Waals surface area contributed by atoms with Crippen molar-refractivity contribution >= 4 is 59.3 Å². The van der Waals surface area contributed by atoms with E-state index in [2.05, 4.69) is 169 Å². The molecule has 0 atom stereocenters. The van der Waals surface area contributed by atoms with Crippen LogP contribution in [0.25, 0.3) is 53.3 Å². The summed E-state index contributed by atoms with van der Waals surface area (Å²) in [7, 11) is 0. The van der Waals surface area contributed by atoms with E-state index in [0.717, 1.165) is 5.69 Å². The largest absolute Gasteiger partial charge is 0.309 e. The van der Waals surface area contributed by atoms with Crippen molar-refractivity contribution in [2.45, 2.75) is 5.41 Å². The molecule has 3 heterocycles. The summed E-state index contributed by atoms with van der Waals surface area (Å²) in [5.41, 5.74) is 12.8. The molecule has 1 aliphatic heterocycles. The highest BCUT2D eigenvalue weighted by Crippen LogP contribution is 2.61. The predicted molar refractivity (Wildman–Crippen MR) is 206 cm³/mol. The van der Waals surface area contributed by atoms with Gasteiger partial charge in [0.2, 0.25) is 0 Å². The molecule has 2 nitrogen and oxygen atoms in total. The van der Waals surface area contributed by atoms with Crippen molar-refractivity contribution < 1.29 is 0 Å². The minimum absolute atomic E-state index is 0.515. The van der Waals surface area contributed by atoms with Crippen molar-refractivity contribution in [2.24, 2.45) is 0 Å². The van der Waals surface area contributed by atoms with Crippen LogP contribution in [0.5, 0.6) is 0 Å². The summed E-state index contributed by atoms with van der Waals surface area (Å²) in [5.74, 6) is 0. The van der Waals surface area contributed by atoms with E-state index in [1.54, 1.807) is 0 Å². The van der Waals surface area contributed by atoms with Crippen LogP contribution in [0.1, 0.15) is 22.3 Å². The molecule has 0 saturated carbocycles. The van der Waals surface area contributed by atoms with E-state index in [-0.39, 0.29) is 0 Å². The Hall–Kier alpha value is -6.03. The molecule has 0 amide bonds. The standard InChI is InChI=1S/C46H28N2S/c1-3-13-29(14-4-1)46(30-15-5-2-6-16-30)37-20-12-26-47-45(37)44-34-19-11-22-40-43(34)36(28-38(44)46)32-17-7-9-21-39(32)48(40)31-24-25-42-35(27-31)33-18-8-10-23-41(33)49-42/h1-28H. The van der Waals surface area contributed by atoms with E-state index in [9.17, 15) is 0 Å². The monoisotopic (exact) mass is 640 g/mol. The van der Waals surface area contributed by atoms with Crippen LogP contribution in [0, 0.1) is 0 Å². The van der Waals surface area contributed by atoms with Crippen LogP contribution in [0.3, 0.4) is 0 Å². The number of para-hydroxylation sites is 1. The summed E-state index contributed by atoms with van der Waals surface area (Å²) in [6, 6.07) is 60.4. The second-order valence-corrected chi connectivity index (χ2v) is 14.1. The Morgan fingerprint density at radius 3 is 2.02 bits per heavy atom. The maximum Gasteiger partial charge on any atom is 0.0759 e. The van der Waals surface area contributed by atoms with Crippen LogP contribution < -0.4 is 4.90 Å². The first kappa shape index (κ1) is 27.0. The van der Waals surface area contributed by atoms with Crippen molar-refractivity contribution in [1.82, 2.24) is 4.98 Å². The Labute approximate surface area is 288 Å². The lowest BCUT2D eigenvalue weighted by Gasteiger charge is -2.36. The summed E-state index contributed by atoms with van der Waals surface area (Å²) in [6.07, 6.45) is 1.95. The number of nitrogens with zero attached hydrogens (tertiary/aromatic N) is 2. The normalized spacial score (nSPS) is 13.8. The second-order valence-electron chi connectivity index (χ2n) is 13.1. The quantitative estimate of drug-likeness (QED) is 0.191. The Morgan fingerprint density at radius 1 is 0.490 bits per heavy atom. The van der Waals surface area contributed by atoms with E-state index < -0.39 is 5.41 Å². The van der Waals surface area contributed by atoms with Crippen molar-refractivity contribution in [3.05, 3.63) is 192 Å². The maximum atomic E-state index is 5.17. The fraction of sp³-hybridized carbons (Fsp3) is 0.0217. The summed E-state index contributed by atoms with van der Waals surface area (Å²) in [6.45, 7) is 0. The van der Waals surface area contributed by atoms with Gasteiger partial charge in [-0.1, -0.05) is 115 Å². The lowest BCUT2D eigenvalue weighted by atomic mass is 9.67. The van der Waals surface area contributed by atoms with Crippen molar-refractivity contribution in [2.75, 3.05) is 4.90 Å². The number of rotatable bonds is 3. The molecule has 0 spiro atoms. The van der Waals surface area contributed by atoms with Gasteiger partial charge in [-0.3, -0.25) is 4.98 Å². The van der Waals surface area contributed by atoms with Crippen molar-refractivity contribution in [3.8, 4) is 22.4 Å². The molecule has 2 aliphatic rings. The zero-order valence-electron chi connectivity index (χ0n) is 26.5. The maximum absolute atomic E-state index is 5.17. The van der Waals surface area contributed by atoms with Crippen molar-refractivity contribution in [3.63, 3.8) is 0 Å². The first-order valence-corrected chi connectivity index (χ1v) is 17.6. The predicted octanol–water partition coefficient (Wildman–Crippen LogP) is 12.4. The summed E-state index contributed by atoms with van der Waals surface area (Å²) in [4.78, 5) is 7.64. The molecule has 49 heavy (non-hydrogen) atoms. The first-order valence-electron chi connectivity index (χ1n) is 16.8. The van der Waals surface area contributed by atoms with Crippen molar-refractivity contribution in [1.29, 1.82) is 0 Å². The minimum Gasteiger partial charge on any atom is -0.309 e. The summed E-state index contributed by atoms with van der Waals surface area (Å²) < 4.78 is 2.63. The van der Waals surface area contributed by atoms with Crippen LogP contribution in [-0.2, 0) is 5.41 Å². The molecule has 2 aromatic heterocycles. The average Bonchev–Trinajstić information content (AvgIpc) is 3.69. The number of hydrogen-bond acceptors (Lipinski definition) is 3. The zero-order valence-corrected chi connectivity index (χ0v) is 27.3. The van der Waals surface area contributed by atoms with E-state index in [4.69, 9.17) is 4.98 Å². The number of fused-ring (bicyclic) bond motifs is 9. The highest BCUT2D eigenvalue weighted by molar-refractivity contribution is 7.25. The number of thiophene rings is 1. The Morgan fingerprint density at radius 2 is 1.18 bits per heavy atom. The van der Waals surface area contributed by atoms with Gasteiger partial charge in [-0.2, -0.15) is 0 Å². The topological polar surface area (TPSA) is 16.1 Å². The van der Waals surface area contributed by atoms with Gasteiger partial charge in [0.05, 0.1) is 22.5 Å². The van der Waals surface area contributed by atoms with Gasteiger partial charge >= 0.3 is 0 Å². The van der Waals surface area contributed by atoms with Gasteiger partial charge in [0, 0.05) is 48.6 Å². The summed E-state index contributed by atoms with van der Waals surface area (Å²) >= 11 is 1.86. The van der Waals surface area contributed by atoms with E-state index in [0.29, 0.717) is 0 Å². The third kappa shape index (κ3) is 3.52. The zero-order chi connectivity index (χ0) is 32.1. The fourth-order valence-electron chi connectivity index (χ4n) is 8.79. The van der Waals surface area contributed by atoms with Crippen LogP contribution in [0.4, 0.5) is 17.1 Å². The molecule has 0 unspecified atom stereocenters. The highest BCUT2D eigenvalue weighted by Gasteiger charge is 2.48. The van der Waals surface area contributed by atoms with E-state index >= 15 is 0 Å². The SMILES string of the molecule is c1ccc(C2(c3ccccc3)c3cccnc3-c3c2cc2c4c(cccc34)N(c3ccc4sc5ccccc5c4c3)c3ccccc3-2)cc1. The van der Waals surface area contributed by atoms with Gasteiger partial charge in [-0.15, -0.1) is 11.3 Å². The van der Waals surface area contributed by atoms with Gasteiger partial charge in [-0.25, -0.2) is 0 Å². The molecule has 3 heteroatoms. The highest BCUT2D eigenvalue weighted by atomic mass is 32.1. The third-order valence-electron chi connectivity index (χ3n) is 10.7. The average molecular weight is 641 g/mol. The first-order chi connectivity index (χ1) is 24.3. The Kier molecular flexibility index (Phi) is 5.50.